The van der Waals surface area contributed by atoms with E-state index >= 15 is 0 Å². The van der Waals surface area contributed by atoms with E-state index in [4.69, 9.17) is 0 Å². The Kier molecular flexibility index (Phi) is 7.18. The molecule has 0 saturated carbocycles. The number of nitrogens with zero attached hydrogens (tertiary/aromatic N) is 2. The Bertz CT molecular complexity index is 2830. The van der Waals surface area contributed by atoms with Gasteiger partial charge in [0.05, 0.1) is 22.4 Å². The van der Waals surface area contributed by atoms with Crippen molar-refractivity contribution in [1.29, 1.82) is 0 Å². The fraction of sp³-hybridized carbons (Fsp3) is 0. The fourth-order valence-electron chi connectivity index (χ4n) is 7.96. The van der Waals surface area contributed by atoms with Crippen LogP contribution in [0, 0.1) is 0 Å². The summed E-state index contributed by atoms with van der Waals surface area (Å²) in [5, 5.41) is 7.49. The smallest absolute Gasteiger partial charge is 0.0546 e. The second kappa shape index (κ2) is 12.5. The zero-order valence-electron chi connectivity index (χ0n) is 28.5. The topological polar surface area (TPSA) is 8.17 Å². The Labute approximate surface area is 303 Å². The van der Waals surface area contributed by atoms with E-state index in [1.165, 1.54) is 65.6 Å². The van der Waals surface area contributed by atoms with E-state index in [2.05, 4.69) is 216 Å². The molecule has 244 valence electrons. The van der Waals surface area contributed by atoms with Crippen molar-refractivity contribution in [3.8, 4) is 27.9 Å². The van der Waals surface area contributed by atoms with Gasteiger partial charge in [-0.25, -0.2) is 0 Å². The number of anilines is 3. The maximum absolute atomic E-state index is 2.44. The molecule has 1 heterocycles. The summed E-state index contributed by atoms with van der Waals surface area (Å²) in [5.74, 6) is 0. The van der Waals surface area contributed by atoms with E-state index in [1.807, 2.05) is 0 Å². The van der Waals surface area contributed by atoms with E-state index in [0.29, 0.717) is 0 Å². The predicted octanol–water partition coefficient (Wildman–Crippen LogP) is 13.9. The molecule has 0 N–H and O–H groups in total. The number of benzene rings is 9. The average molecular weight is 663 g/mol. The van der Waals surface area contributed by atoms with Crippen molar-refractivity contribution in [3.63, 3.8) is 0 Å². The van der Waals surface area contributed by atoms with Crippen LogP contribution in [0.4, 0.5) is 17.1 Å². The summed E-state index contributed by atoms with van der Waals surface area (Å²) in [6, 6.07) is 74.6. The first-order valence-corrected chi connectivity index (χ1v) is 17.9. The Balaban J connectivity index is 1.10. The molecular weight excluding hydrogens is 629 g/mol. The summed E-state index contributed by atoms with van der Waals surface area (Å²) < 4.78 is 2.37. The van der Waals surface area contributed by atoms with Gasteiger partial charge in [0.25, 0.3) is 0 Å². The molecule has 10 aromatic rings. The SMILES string of the molecule is c1ccc(-c2ccccc2N(c2ccc(-c3ccc(-n4c5ccccc5c5ccccc54)cc3)cc2)c2cc3ccccc3c3ccccc23)cc1. The third kappa shape index (κ3) is 4.96. The lowest BCUT2D eigenvalue weighted by Crippen LogP contribution is -2.12. The Morgan fingerprint density at radius 2 is 0.846 bits per heavy atom. The molecule has 0 radical (unpaired) electrons. The van der Waals surface area contributed by atoms with Gasteiger partial charge in [0.1, 0.15) is 0 Å². The highest BCUT2D eigenvalue weighted by Crippen LogP contribution is 2.45. The van der Waals surface area contributed by atoms with Crippen LogP contribution in [-0.4, -0.2) is 4.57 Å². The Hall–Kier alpha value is -6.90. The zero-order chi connectivity index (χ0) is 34.4. The molecule has 10 rings (SSSR count). The molecule has 0 aliphatic rings. The minimum Gasteiger partial charge on any atom is -0.309 e. The molecule has 0 aliphatic heterocycles. The van der Waals surface area contributed by atoms with Gasteiger partial charge in [0.2, 0.25) is 0 Å². The summed E-state index contributed by atoms with van der Waals surface area (Å²) in [5.41, 5.74) is 11.7. The van der Waals surface area contributed by atoms with Crippen molar-refractivity contribution >= 4 is 60.4 Å². The fourth-order valence-corrected chi connectivity index (χ4v) is 7.96. The summed E-state index contributed by atoms with van der Waals surface area (Å²) in [6.07, 6.45) is 0. The predicted molar refractivity (Wildman–Crippen MR) is 221 cm³/mol. The van der Waals surface area contributed by atoms with Crippen LogP contribution in [0.5, 0.6) is 0 Å². The van der Waals surface area contributed by atoms with E-state index in [9.17, 15) is 0 Å². The molecule has 0 amide bonds. The highest BCUT2D eigenvalue weighted by Gasteiger charge is 2.20. The van der Waals surface area contributed by atoms with Crippen molar-refractivity contribution < 1.29 is 0 Å². The lowest BCUT2D eigenvalue weighted by Gasteiger charge is -2.29. The number of rotatable bonds is 6. The van der Waals surface area contributed by atoms with Gasteiger partial charge < -0.3 is 9.47 Å². The lowest BCUT2D eigenvalue weighted by atomic mass is 9.97. The molecule has 0 bridgehead atoms. The van der Waals surface area contributed by atoms with Crippen LogP contribution < -0.4 is 4.90 Å². The third-order valence-electron chi connectivity index (χ3n) is 10.4. The average Bonchev–Trinajstić information content (AvgIpc) is 3.56. The first-order valence-electron chi connectivity index (χ1n) is 17.9. The van der Waals surface area contributed by atoms with Crippen LogP contribution in [0.15, 0.2) is 206 Å². The van der Waals surface area contributed by atoms with Crippen LogP contribution in [0.3, 0.4) is 0 Å². The molecule has 0 saturated heterocycles. The molecule has 0 spiro atoms. The summed E-state index contributed by atoms with van der Waals surface area (Å²) in [4.78, 5) is 2.44. The minimum absolute atomic E-state index is 1.11. The quantitative estimate of drug-likeness (QED) is 0.161. The molecule has 52 heavy (non-hydrogen) atoms. The highest BCUT2D eigenvalue weighted by atomic mass is 15.1. The van der Waals surface area contributed by atoms with Gasteiger partial charge in [-0.1, -0.05) is 158 Å². The molecule has 0 unspecified atom stereocenters. The second-order valence-electron chi connectivity index (χ2n) is 13.3. The van der Waals surface area contributed by atoms with Gasteiger partial charge >= 0.3 is 0 Å². The van der Waals surface area contributed by atoms with Crippen LogP contribution in [-0.2, 0) is 0 Å². The van der Waals surface area contributed by atoms with Crippen molar-refractivity contribution in [2.45, 2.75) is 0 Å². The minimum atomic E-state index is 1.11. The zero-order valence-corrected chi connectivity index (χ0v) is 28.5. The lowest BCUT2D eigenvalue weighted by molar-refractivity contribution is 1.18. The largest absolute Gasteiger partial charge is 0.309 e. The number of hydrogen-bond acceptors (Lipinski definition) is 1. The van der Waals surface area contributed by atoms with Gasteiger partial charge in [-0.2, -0.15) is 0 Å². The van der Waals surface area contributed by atoms with Crippen LogP contribution in [0.1, 0.15) is 0 Å². The molecule has 9 aromatic carbocycles. The van der Waals surface area contributed by atoms with E-state index in [1.54, 1.807) is 0 Å². The van der Waals surface area contributed by atoms with Gasteiger partial charge in [-0.3, -0.25) is 0 Å². The number of aromatic nitrogens is 1. The van der Waals surface area contributed by atoms with Crippen LogP contribution >= 0.6 is 0 Å². The number of para-hydroxylation sites is 3. The molecule has 2 heteroatoms. The van der Waals surface area contributed by atoms with E-state index in [-0.39, 0.29) is 0 Å². The third-order valence-corrected chi connectivity index (χ3v) is 10.4. The van der Waals surface area contributed by atoms with Crippen molar-refractivity contribution in [3.05, 3.63) is 206 Å². The Morgan fingerprint density at radius 3 is 1.54 bits per heavy atom. The molecular formula is C50H34N2. The van der Waals surface area contributed by atoms with Crippen LogP contribution in [0.2, 0.25) is 0 Å². The van der Waals surface area contributed by atoms with Gasteiger partial charge in [-0.05, 0) is 81.4 Å². The van der Waals surface area contributed by atoms with E-state index in [0.717, 1.165) is 22.7 Å². The van der Waals surface area contributed by atoms with Crippen LogP contribution in [0.25, 0.3) is 71.3 Å². The van der Waals surface area contributed by atoms with E-state index < -0.39 is 0 Å². The van der Waals surface area contributed by atoms with Crippen molar-refractivity contribution in [2.24, 2.45) is 0 Å². The maximum atomic E-state index is 2.44. The van der Waals surface area contributed by atoms with Gasteiger partial charge in [0.15, 0.2) is 0 Å². The summed E-state index contributed by atoms with van der Waals surface area (Å²) in [7, 11) is 0. The molecule has 0 atom stereocenters. The van der Waals surface area contributed by atoms with Crippen molar-refractivity contribution in [2.75, 3.05) is 4.90 Å². The van der Waals surface area contributed by atoms with Gasteiger partial charge in [0, 0.05) is 33.1 Å². The summed E-state index contributed by atoms with van der Waals surface area (Å²) in [6.45, 7) is 0. The summed E-state index contributed by atoms with van der Waals surface area (Å²) >= 11 is 0. The second-order valence-corrected chi connectivity index (χ2v) is 13.3. The maximum Gasteiger partial charge on any atom is 0.0546 e. The molecule has 1 aromatic heterocycles. The van der Waals surface area contributed by atoms with Crippen molar-refractivity contribution in [1.82, 2.24) is 4.57 Å². The standard InChI is InChI=1S/C50H34N2/c1-2-14-37(15-3-1)42-18-8-11-23-47(42)52(50-34-38-16-4-5-17-41(38)43-19-6-7-20-44(43)50)40-32-28-36(29-33-40)35-26-30-39(31-27-35)51-48-24-12-9-21-45(48)46-22-10-13-25-49(46)51/h1-34H. The molecule has 2 nitrogen and oxygen atoms in total. The first-order chi connectivity index (χ1) is 25.8. The molecule has 0 fully saturated rings. The monoisotopic (exact) mass is 662 g/mol. The first kappa shape index (κ1) is 30.0. The number of hydrogen-bond donors (Lipinski definition) is 0. The highest BCUT2D eigenvalue weighted by molar-refractivity contribution is 6.15. The molecule has 0 aliphatic carbocycles. The number of fused-ring (bicyclic) bond motifs is 6. The Morgan fingerprint density at radius 1 is 0.327 bits per heavy atom. The normalized spacial score (nSPS) is 11.5. The van der Waals surface area contributed by atoms with Gasteiger partial charge in [-0.15, -0.1) is 0 Å².